The number of hydrogen-bond acceptors (Lipinski definition) is 4. The summed E-state index contributed by atoms with van der Waals surface area (Å²) in [4.78, 5) is 18.0. The van der Waals surface area contributed by atoms with Gasteiger partial charge in [-0.15, -0.1) is 0 Å². The molecule has 0 aliphatic carbocycles. The number of rotatable bonds is 3. The predicted octanol–water partition coefficient (Wildman–Crippen LogP) is 0.991. The van der Waals surface area contributed by atoms with Crippen LogP contribution in [0, 0.1) is 0 Å². The highest BCUT2D eigenvalue weighted by Gasteiger charge is 2.11. The molecule has 1 fully saturated rings. The normalized spacial score (nSPS) is 17.3. The zero-order chi connectivity index (χ0) is 12.3. The number of halogens is 2. The van der Waals surface area contributed by atoms with Gasteiger partial charge in [-0.05, 0) is 15.9 Å². The maximum Gasteiger partial charge on any atom is 0.269 e. The Balaban J connectivity index is 1.99. The summed E-state index contributed by atoms with van der Waals surface area (Å²) in [7, 11) is 0. The minimum Gasteiger partial charge on any atom is -0.379 e. The maximum absolute atomic E-state index is 11.8. The van der Waals surface area contributed by atoms with Crippen molar-refractivity contribution in [3.63, 3.8) is 0 Å². The smallest absolute Gasteiger partial charge is 0.269 e. The summed E-state index contributed by atoms with van der Waals surface area (Å²) in [6.45, 7) is 4.78. The highest BCUT2D eigenvalue weighted by atomic mass is 79.9. The van der Waals surface area contributed by atoms with E-state index < -0.39 is 0 Å². The molecule has 0 amide bonds. The quantitative estimate of drug-likeness (QED) is 0.779. The van der Waals surface area contributed by atoms with Crippen LogP contribution in [-0.4, -0.2) is 47.3 Å². The average molecular weight is 323 g/mol. The molecule has 17 heavy (non-hydrogen) atoms. The maximum atomic E-state index is 11.8. The van der Waals surface area contributed by atoms with E-state index in [1.165, 1.54) is 6.33 Å². The summed E-state index contributed by atoms with van der Waals surface area (Å²) in [5.74, 6) is 0. The molecule has 0 bridgehead atoms. The number of aromatic nitrogens is 2. The topological polar surface area (TPSA) is 47.4 Å². The summed E-state index contributed by atoms with van der Waals surface area (Å²) in [6, 6.07) is 0. The van der Waals surface area contributed by atoms with E-state index in [-0.39, 0.29) is 10.7 Å². The molecule has 0 unspecified atom stereocenters. The van der Waals surface area contributed by atoms with Crippen LogP contribution in [0.4, 0.5) is 0 Å². The lowest BCUT2D eigenvalue weighted by Crippen LogP contribution is -2.39. The first-order valence-electron chi connectivity index (χ1n) is 5.39. The molecule has 2 heterocycles. The molecule has 1 saturated heterocycles. The molecule has 1 aromatic heterocycles. The van der Waals surface area contributed by atoms with E-state index in [0.29, 0.717) is 11.0 Å². The van der Waals surface area contributed by atoms with Crippen molar-refractivity contribution in [1.82, 2.24) is 14.5 Å². The fraction of sp³-hybridized carbons (Fsp3) is 0.600. The van der Waals surface area contributed by atoms with Crippen LogP contribution in [0.15, 0.2) is 15.6 Å². The van der Waals surface area contributed by atoms with E-state index in [4.69, 9.17) is 16.3 Å². The van der Waals surface area contributed by atoms with Gasteiger partial charge < -0.3 is 4.74 Å². The highest BCUT2D eigenvalue weighted by Crippen LogP contribution is 2.13. The van der Waals surface area contributed by atoms with Gasteiger partial charge in [0.15, 0.2) is 5.15 Å². The average Bonchev–Trinajstić information content (AvgIpc) is 2.36. The summed E-state index contributed by atoms with van der Waals surface area (Å²) < 4.78 is 7.15. The summed E-state index contributed by atoms with van der Waals surface area (Å²) in [5, 5.41) is 0.206. The van der Waals surface area contributed by atoms with Crippen molar-refractivity contribution in [2.75, 3.05) is 32.8 Å². The monoisotopic (exact) mass is 321 g/mol. The Morgan fingerprint density at radius 3 is 2.82 bits per heavy atom. The van der Waals surface area contributed by atoms with Crippen LogP contribution in [-0.2, 0) is 11.3 Å². The van der Waals surface area contributed by atoms with Gasteiger partial charge in [-0.25, -0.2) is 4.98 Å². The molecule has 7 heteroatoms. The van der Waals surface area contributed by atoms with E-state index >= 15 is 0 Å². The number of ether oxygens (including phenoxy) is 1. The van der Waals surface area contributed by atoms with Crippen LogP contribution in [0.2, 0.25) is 5.15 Å². The number of nitrogens with zero attached hydrogens (tertiary/aromatic N) is 3. The lowest BCUT2D eigenvalue weighted by molar-refractivity contribution is 0.0362. The standard InChI is InChI=1S/C10H13BrClN3O2/c11-8-9(12)13-7-15(10(8)16)2-1-14-3-5-17-6-4-14/h7H,1-6H2. The Morgan fingerprint density at radius 2 is 2.12 bits per heavy atom. The molecule has 1 aromatic rings. The number of hydrogen-bond donors (Lipinski definition) is 0. The molecule has 0 radical (unpaired) electrons. The zero-order valence-electron chi connectivity index (χ0n) is 9.23. The molecule has 94 valence electrons. The molecule has 2 rings (SSSR count). The van der Waals surface area contributed by atoms with Gasteiger partial charge in [-0.2, -0.15) is 0 Å². The van der Waals surface area contributed by atoms with Crippen molar-refractivity contribution in [2.45, 2.75) is 6.54 Å². The van der Waals surface area contributed by atoms with Crippen molar-refractivity contribution < 1.29 is 4.74 Å². The molecule has 5 nitrogen and oxygen atoms in total. The van der Waals surface area contributed by atoms with E-state index in [1.807, 2.05) is 0 Å². The van der Waals surface area contributed by atoms with E-state index in [9.17, 15) is 4.79 Å². The SMILES string of the molecule is O=c1c(Br)c(Cl)ncn1CCN1CCOCC1. The Bertz CT molecular complexity index is 446. The lowest BCUT2D eigenvalue weighted by Gasteiger charge is -2.26. The van der Waals surface area contributed by atoms with Crippen molar-refractivity contribution in [3.05, 3.63) is 26.3 Å². The third-order valence-electron chi connectivity index (χ3n) is 2.70. The second-order valence-electron chi connectivity index (χ2n) is 3.80. The molecule has 0 atom stereocenters. The van der Waals surface area contributed by atoms with Gasteiger partial charge in [0.2, 0.25) is 0 Å². The minimum atomic E-state index is -0.141. The first-order chi connectivity index (χ1) is 8.18. The third-order valence-corrected chi connectivity index (χ3v) is 3.93. The molecule has 0 N–H and O–H groups in total. The number of morpholine rings is 1. The molecular weight excluding hydrogens is 309 g/mol. The van der Waals surface area contributed by atoms with Gasteiger partial charge >= 0.3 is 0 Å². The Hall–Kier alpha value is -0.430. The summed E-state index contributed by atoms with van der Waals surface area (Å²) >= 11 is 8.87. The second kappa shape index (κ2) is 5.95. The molecular formula is C10H13BrClN3O2. The fourth-order valence-corrected chi connectivity index (χ4v) is 2.13. The van der Waals surface area contributed by atoms with Crippen molar-refractivity contribution in [2.24, 2.45) is 0 Å². The van der Waals surface area contributed by atoms with Crippen LogP contribution in [0.25, 0.3) is 0 Å². The van der Waals surface area contributed by atoms with Crippen LogP contribution in [0.5, 0.6) is 0 Å². The summed E-state index contributed by atoms with van der Waals surface area (Å²) in [6.07, 6.45) is 1.48. The lowest BCUT2D eigenvalue weighted by atomic mass is 10.4. The van der Waals surface area contributed by atoms with Gasteiger partial charge in [-0.1, -0.05) is 11.6 Å². The minimum absolute atomic E-state index is 0.141. The van der Waals surface area contributed by atoms with E-state index in [1.54, 1.807) is 4.57 Å². The third kappa shape index (κ3) is 3.28. The van der Waals surface area contributed by atoms with Crippen LogP contribution >= 0.6 is 27.5 Å². The van der Waals surface area contributed by atoms with Gasteiger partial charge in [0.1, 0.15) is 4.47 Å². The molecule has 1 aliphatic heterocycles. The molecule has 1 aliphatic rings. The van der Waals surface area contributed by atoms with Crippen LogP contribution in [0.1, 0.15) is 0 Å². The van der Waals surface area contributed by atoms with Gasteiger partial charge in [-0.3, -0.25) is 14.3 Å². The Morgan fingerprint density at radius 1 is 1.41 bits per heavy atom. The fourth-order valence-electron chi connectivity index (χ4n) is 1.68. The van der Waals surface area contributed by atoms with Gasteiger partial charge in [0.25, 0.3) is 5.56 Å². The van der Waals surface area contributed by atoms with E-state index in [0.717, 1.165) is 32.8 Å². The zero-order valence-corrected chi connectivity index (χ0v) is 11.6. The van der Waals surface area contributed by atoms with Gasteiger partial charge in [0.05, 0.1) is 19.5 Å². The van der Waals surface area contributed by atoms with E-state index in [2.05, 4.69) is 25.8 Å². The first kappa shape index (κ1) is 13.0. The van der Waals surface area contributed by atoms with Gasteiger partial charge in [0, 0.05) is 26.2 Å². The second-order valence-corrected chi connectivity index (χ2v) is 4.95. The molecule has 0 spiro atoms. The highest BCUT2D eigenvalue weighted by molar-refractivity contribution is 9.10. The molecule has 0 saturated carbocycles. The van der Waals surface area contributed by atoms with Crippen LogP contribution < -0.4 is 5.56 Å². The van der Waals surface area contributed by atoms with Crippen molar-refractivity contribution in [3.8, 4) is 0 Å². The largest absolute Gasteiger partial charge is 0.379 e. The van der Waals surface area contributed by atoms with Crippen molar-refractivity contribution >= 4 is 27.5 Å². The Kier molecular flexibility index (Phi) is 4.55. The van der Waals surface area contributed by atoms with Crippen LogP contribution in [0.3, 0.4) is 0 Å². The molecule has 0 aromatic carbocycles. The first-order valence-corrected chi connectivity index (χ1v) is 6.56. The predicted molar refractivity (Wildman–Crippen MR) is 68.5 cm³/mol. The van der Waals surface area contributed by atoms with Crippen molar-refractivity contribution in [1.29, 1.82) is 0 Å². The summed E-state index contributed by atoms with van der Waals surface area (Å²) in [5.41, 5.74) is -0.141. The Labute approximate surface area is 112 Å².